The van der Waals surface area contributed by atoms with Gasteiger partial charge in [-0.2, -0.15) is 4.72 Å². The van der Waals surface area contributed by atoms with Gasteiger partial charge in [-0.3, -0.25) is 4.79 Å². The van der Waals surface area contributed by atoms with Crippen molar-refractivity contribution in [2.75, 3.05) is 11.9 Å². The number of carbonyl (C=O) groups excluding carboxylic acids is 1. The Morgan fingerprint density at radius 1 is 0.914 bits per heavy atom. The zero-order valence-corrected chi connectivity index (χ0v) is 21.6. The number of aryl methyl sites for hydroxylation is 3. The van der Waals surface area contributed by atoms with Gasteiger partial charge < -0.3 is 10.1 Å². The highest BCUT2D eigenvalue weighted by Gasteiger charge is 2.27. The summed E-state index contributed by atoms with van der Waals surface area (Å²) in [5.41, 5.74) is 4.36. The Kier molecular flexibility index (Phi) is 9.07. The van der Waals surface area contributed by atoms with Gasteiger partial charge >= 0.3 is 0 Å². The molecule has 7 heteroatoms. The lowest BCUT2D eigenvalue weighted by atomic mass is 10.0. The number of sulfonamides is 1. The molecule has 0 fully saturated rings. The van der Waals surface area contributed by atoms with Gasteiger partial charge in [0, 0.05) is 5.69 Å². The van der Waals surface area contributed by atoms with Gasteiger partial charge in [0.1, 0.15) is 11.8 Å². The summed E-state index contributed by atoms with van der Waals surface area (Å²) < 4.78 is 34.8. The first-order valence-electron chi connectivity index (χ1n) is 12.0. The van der Waals surface area contributed by atoms with Crippen molar-refractivity contribution in [3.05, 3.63) is 89.0 Å². The van der Waals surface area contributed by atoms with Gasteiger partial charge in [-0.05, 0) is 73.6 Å². The molecule has 0 heterocycles. The maximum Gasteiger partial charge on any atom is 0.242 e. The summed E-state index contributed by atoms with van der Waals surface area (Å²) in [6, 6.07) is 19.0. The molecule has 1 atom stereocenters. The van der Waals surface area contributed by atoms with Crippen LogP contribution in [0.15, 0.2) is 71.6 Å². The van der Waals surface area contributed by atoms with Crippen molar-refractivity contribution in [2.24, 2.45) is 0 Å². The van der Waals surface area contributed by atoms with Crippen molar-refractivity contribution in [2.45, 2.75) is 57.9 Å². The normalized spacial score (nSPS) is 12.2. The summed E-state index contributed by atoms with van der Waals surface area (Å²) in [6.45, 7) is 8.22. The number of amides is 1. The van der Waals surface area contributed by atoms with Crippen LogP contribution in [0.5, 0.6) is 5.75 Å². The number of nitrogens with one attached hydrogen (secondary N) is 2. The Hall–Kier alpha value is -3.16. The minimum Gasteiger partial charge on any atom is -0.494 e. The molecule has 3 rings (SSSR count). The van der Waals surface area contributed by atoms with E-state index in [1.165, 1.54) is 6.07 Å². The molecule has 6 nitrogen and oxygen atoms in total. The van der Waals surface area contributed by atoms with Crippen molar-refractivity contribution in [1.82, 2.24) is 4.72 Å². The number of anilines is 1. The number of para-hydroxylation sites is 1. The summed E-state index contributed by atoms with van der Waals surface area (Å²) in [7, 11) is -3.97. The van der Waals surface area contributed by atoms with Crippen LogP contribution in [-0.4, -0.2) is 27.0 Å². The molecule has 35 heavy (non-hydrogen) atoms. The van der Waals surface area contributed by atoms with Crippen LogP contribution < -0.4 is 14.8 Å². The van der Waals surface area contributed by atoms with Crippen molar-refractivity contribution in [1.29, 1.82) is 0 Å². The average Bonchev–Trinajstić information content (AvgIpc) is 2.85. The van der Waals surface area contributed by atoms with Crippen LogP contribution in [0.3, 0.4) is 0 Å². The second-order valence-corrected chi connectivity index (χ2v) is 10.1. The minimum atomic E-state index is -3.97. The lowest BCUT2D eigenvalue weighted by Gasteiger charge is -2.21. The van der Waals surface area contributed by atoms with Crippen molar-refractivity contribution < 1.29 is 17.9 Å². The van der Waals surface area contributed by atoms with Gasteiger partial charge in [0.15, 0.2) is 0 Å². The number of ether oxygens (including phenoxy) is 1. The van der Waals surface area contributed by atoms with Gasteiger partial charge in [0.25, 0.3) is 0 Å². The Balaban J connectivity index is 1.93. The molecule has 0 radical (unpaired) electrons. The summed E-state index contributed by atoms with van der Waals surface area (Å²) in [6.07, 6.45) is 1.73. The number of rotatable bonds is 11. The maximum atomic E-state index is 13.5. The highest BCUT2D eigenvalue weighted by Crippen LogP contribution is 2.24. The van der Waals surface area contributed by atoms with E-state index in [2.05, 4.69) is 10.0 Å². The first kappa shape index (κ1) is 26.4. The number of hydrogen-bond donors (Lipinski definition) is 2. The van der Waals surface area contributed by atoms with E-state index in [9.17, 15) is 13.2 Å². The molecule has 0 saturated heterocycles. The van der Waals surface area contributed by atoms with Gasteiger partial charge in [-0.1, -0.05) is 62.4 Å². The number of hydrogen-bond acceptors (Lipinski definition) is 4. The smallest absolute Gasteiger partial charge is 0.242 e. The van der Waals surface area contributed by atoms with E-state index in [4.69, 9.17) is 4.74 Å². The fourth-order valence-electron chi connectivity index (χ4n) is 4.01. The van der Waals surface area contributed by atoms with E-state index in [0.717, 1.165) is 35.2 Å². The Labute approximate surface area is 208 Å². The third-order valence-corrected chi connectivity index (χ3v) is 7.37. The molecule has 0 aliphatic heterocycles. The van der Waals surface area contributed by atoms with E-state index in [1.54, 1.807) is 19.1 Å². The van der Waals surface area contributed by atoms with Crippen molar-refractivity contribution >= 4 is 21.6 Å². The molecule has 2 N–H and O–H groups in total. The van der Waals surface area contributed by atoms with E-state index < -0.39 is 22.0 Å². The zero-order valence-electron chi connectivity index (χ0n) is 20.8. The molecule has 0 spiro atoms. The summed E-state index contributed by atoms with van der Waals surface area (Å²) >= 11 is 0. The van der Waals surface area contributed by atoms with Crippen LogP contribution in [0.1, 0.15) is 43.0 Å². The van der Waals surface area contributed by atoms with Crippen LogP contribution in [0.25, 0.3) is 0 Å². The molecule has 0 aromatic heterocycles. The highest BCUT2D eigenvalue weighted by atomic mass is 32.2. The quantitative estimate of drug-likeness (QED) is 0.391. The van der Waals surface area contributed by atoms with Crippen LogP contribution in [-0.2, 0) is 34.1 Å². The summed E-state index contributed by atoms with van der Waals surface area (Å²) in [5.74, 6) is 0.240. The Morgan fingerprint density at radius 2 is 1.57 bits per heavy atom. The lowest BCUT2D eigenvalue weighted by molar-refractivity contribution is -0.117. The van der Waals surface area contributed by atoms with Gasteiger partial charge in [-0.15, -0.1) is 0 Å². The van der Waals surface area contributed by atoms with Crippen molar-refractivity contribution in [3.63, 3.8) is 0 Å². The van der Waals surface area contributed by atoms with Crippen LogP contribution in [0, 0.1) is 6.92 Å². The zero-order chi connectivity index (χ0) is 25.4. The van der Waals surface area contributed by atoms with E-state index in [-0.39, 0.29) is 11.3 Å². The van der Waals surface area contributed by atoms with E-state index >= 15 is 0 Å². The molecule has 0 saturated carbocycles. The first-order chi connectivity index (χ1) is 16.8. The molecular formula is C28H34N2O4S. The topological polar surface area (TPSA) is 84.5 Å². The van der Waals surface area contributed by atoms with Crippen LogP contribution in [0.2, 0.25) is 0 Å². The Bertz CT molecular complexity index is 1230. The van der Waals surface area contributed by atoms with E-state index in [0.29, 0.717) is 17.9 Å². The fraction of sp³-hybridized carbons (Fsp3) is 0.321. The van der Waals surface area contributed by atoms with Gasteiger partial charge in [-0.25, -0.2) is 8.42 Å². The highest BCUT2D eigenvalue weighted by molar-refractivity contribution is 7.89. The minimum absolute atomic E-state index is 0.0903. The molecule has 3 aromatic carbocycles. The molecular weight excluding hydrogens is 460 g/mol. The predicted octanol–water partition coefficient (Wildman–Crippen LogP) is 5.05. The third kappa shape index (κ3) is 6.71. The number of carbonyl (C=O) groups is 1. The third-order valence-electron chi connectivity index (χ3n) is 5.90. The molecule has 1 amide bonds. The molecule has 0 aliphatic rings. The monoisotopic (exact) mass is 494 g/mol. The second-order valence-electron chi connectivity index (χ2n) is 8.37. The van der Waals surface area contributed by atoms with Gasteiger partial charge in [0.2, 0.25) is 15.9 Å². The average molecular weight is 495 g/mol. The summed E-state index contributed by atoms with van der Waals surface area (Å²) in [4.78, 5) is 13.6. The van der Waals surface area contributed by atoms with E-state index in [1.807, 2.05) is 69.3 Å². The standard InChI is InChI=1S/C28H34N2O4S/c1-5-22-14-11-15-23(6-2)27(22)29-28(31)25(19-21-12-9-8-10-13-21)30-35(32,33)24-16-17-26(34-7-3)20(4)18-24/h8-18,25,30H,5-7,19H2,1-4H3,(H,29,31). The molecule has 3 aromatic rings. The largest absolute Gasteiger partial charge is 0.494 e. The van der Waals surface area contributed by atoms with Gasteiger partial charge in [0.05, 0.1) is 11.5 Å². The van der Waals surface area contributed by atoms with Crippen LogP contribution >= 0.6 is 0 Å². The number of benzene rings is 3. The Morgan fingerprint density at radius 3 is 2.14 bits per heavy atom. The SMILES string of the molecule is CCOc1ccc(S(=O)(=O)NC(Cc2ccccc2)C(=O)Nc2c(CC)cccc2CC)cc1C. The first-order valence-corrected chi connectivity index (χ1v) is 13.5. The predicted molar refractivity (Wildman–Crippen MR) is 140 cm³/mol. The van der Waals surface area contributed by atoms with Crippen molar-refractivity contribution in [3.8, 4) is 5.75 Å². The second kappa shape index (κ2) is 12.0. The molecule has 0 aliphatic carbocycles. The fourth-order valence-corrected chi connectivity index (χ4v) is 5.29. The van der Waals surface area contributed by atoms with Crippen LogP contribution in [0.4, 0.5) is 5.69 Å². The molecule has 186 valence electrons. The molecule has 1 unspecified atom stereocenters. The summed E-state index contributed by atoms with van der Waals surface area (Å²) in [5, 5.41) is 3.03. The molecule has 0 bridgehead atoms. The lowest BCUT2D eigenvalue weighted by Crippen LogP contribution is -2.45. The maximum absolute atomic E-state index is 13.5.